The van der Waals surface area contributed by atoms with Crippen LogP contribution in [0, 0.1) is 0 Å². The van der Waals surface area contributed by atoms with E-state index in [2.05, 4.69) is 0 Å². The van der Waals surface area contributed by atoms with E-state index in [4.69, 9.17) is 5.11 Å². The Morgan fingerprint density at radius 1 is 0.947 bits per heavy atom. The smallest absolute Gasteiger partial charge is 0.335 e. The van der Waals surface area contributed by atoms with Crippen LogP contribution in [-0.2, 0) is 0 Å². The standard InChI is InChI=1S/C15H12O4/c1-9(16)10-3-2-4-11(5-10)12-6-13(15(18)19)8-14(17)7-12/h2-8,17H,1H3,(H,18,19). The quantitative estimate of drug-likeness (QED) is 0.828. The minimum absolute atomic E-state index is 0.00299. The molecule has 0 radical (unpaired) electrons. The first kappa shape index (κ1) is 12.8. The zero-order chi connectivity index (χ0) is 14.0. The summed E-state index contributed by atoms with van der Waals surface area (Å²) in [4.78, 5) is 22.3. The third-order valence-electron chi connectivity index (χ3n) is 2.77. The van der Waals surface area contributed by atoms with Crippen LogP contribution in [0.15, 0.2) is 42.5 Å². The number of carbonyl (C=O) groups excluding carboxylic acids is 1. The number of hydrogen-bond donors (Lipinski definition) is 2. The molecular formula is C15H12O4. The molecule has 0 saturated heterocycles. The number of phenols is 1. The fourth-order valence-corrected chi connectivity index (χ4v) is 1.82. The Morgan fingerprint density at radius 3 is 2.26 bits per heavy atom. The normalized spacial score (nSPS) is 10.2. The van der Waals surface area contributed by atoms with Crippen molar-refractivity contribution in [3.05, 3.63) is 53.6 Å². The number of Topliss-reactive ketones (excluding diaryl/α,β-unsaturated/α-hetero) is 1. The maximum Gasteiger partial charge on any atom is 0.335 e. The van der Waals surface area contributed by atoms with E-state index in [1.54, 1.807) is 24.3 Å². The van der Waals surface area contributed by atoms with Gasteiger partial charge in [-0.2, -0.15) is 0 Å². The molecule has 0 spiro atoms. The summed E-state index contributed by atoms with van der Waals surface area (Å²) in [5.41, 5.74) is 1.78. The number of aromatic hydroxyl groups is 1. The van der Waals surface area contributed by atoms with Gasteiger partial charge in [0.15, 0.2) is 5.78 Å². The number of phenolic OH excluding ortho intramolecular Hbond substituents is 1. The first-order valence-electron chi connectivity index (χ1n) is 5.66. The molecule has 2 N–H and O–H groups in total. The fourth-order valence-electron chi connectivity index (χ4n) is 1.82. The summed E-state index contributed by atoms with van der Waals surface area (Å²) in [5.74, 6) is -1.30. The van der Waals surface area contributed by atoms with Crippen molar-refractivity contribution in [1.29, 1.82) is 0 Å². The number of ketones is 1. The summed E-state index contributed by atoms with van der Waals surface area (Å²) in [5, 5.41) is 18.5. The van der Waals surface area contributed by atoms with Gasteiger partial charge in [0.2, 0.25) is 0 Å². The van der Waals surface area contributed by atoms with Crippen molar-refractivity contribution in [2.24, 2.45) is 0 Å². The Hall–Kier alpha value is -2.62. The molecule has 2 aromatic carbocycles. The fraction of sp³-hybridized carbons (Fsp3) is 0.0667. The minimum atomic E-state index is -1.11. The summed E-state index contributed by atoms with van der Waals surface area (Å²) in [6.45, 7) is 1.46. The molecule has 0 unspecified atom stereocenters. The van der Waals surface area contributed by atoms with Gasteiger partial charge in [-0.25, -0.2) is 4.79 Å². The van der Waals surface area contributed by atoms with E-state index in [-0.39, 0.29) is 17.1 Å². The number of hydrogen-bond acceptors (Lipinski definition) is 3. The molecule has 0 aliphatic rings. The van der Waals surface area contributed by atoms with Gasteiger partial charge in [-0.1, -0.05) is 18.2 Å². The van der Waals surface area contributed by atoms with Gasteiger partial charge in [0, 0.05) is 5.56 Å². The van der Waals surface area contributed by atoms with Crippen molar-refractivity contribution in [1.82, 2.24) is 0 Å². The third-order valence-corrected chi connectivity index (χ3v) is 2.77. The van der Waals surface area contributed by atoms with E-state index >= 15 is 0 Å². The lowest BCUT2D eigenvalue weighted by molar-refractivity contribution is 0.0696. The van der Waals surface area contributed by atoms with E-state index in [0.29, 0.717) is 16.7 Å². The molecular weight excluding hydrogens is 244 g/mol. The van der Waals surface area contributed by atoms with Crippen LogP contribution in [0.1, 0.15) is 27.6 Å². The highest BCUT2D eigenvalue weighted by Crippen LogP contribution is 2.26. The van der Waals surface area contributed by atoms with Crippen LogP contribution >= 0.6 is 0 Å². The SMILES string of the molecule is CC(=O)c1cccc(-c2cc(O)cc(C(=O)O)c2)c1. The maximum absolute atomic E-state index is 11.3. The second-order valence-electron chi connectivity index (χ2n) is 4.21. The maximum atomic E-state index is 11.3. The van der Waals surface area contributed by atoms with Gasteiger partial charge in [0.1, 0.15) is 5.75 Å². The number of rotatable bonds is 3. The molecule has 2 rings (SSSR count). The molecule has 19 heavy (non-hydrogen) atoms. The Morgan fingerprint density at radius 2 is 1.63 bits per heavy atom. The molecule has 0 bridgehead atoms. The highest BCUT2D eigenvalue weighted by molar-refractivity contribution is 5.95. The molecule has 0 aliphatic heterocycles. The van der Waals surface area contributed by atoms with Crippen LogP contribution < -0.4 is 0 Å². The zero-order valence-electron chi connectivity index (χ0n) is 10.3. The Labute approximate surface area is 109 Å². The van der Waals surface area contributed by atoms with Gasteiger partial charge in [-0.3, -0.25) is 4.79 Å². The van der Waals surface area contributed by atoms with Crippen LogP contribution in [0.2, 0.25) is 0 Å². The number of aromatic carboxylic acids is 1. The molecule has 4 nitrogen and oxygen atoms in total. The number of carboxylic acid groups (broad SMARTS) is 1. The Bertz CT molecular complexity index is 659. The first-order chi connectivity index (χ1) is 8.97. The van der Waals surface area contributed by atoms with Crippen LogP contribution in [0.4, 0.5) is 0 Å². The highest BCUT2D eigenvalue weighted by atomic mass is 16.4. The third kappa shape index (κ3) is 2.80. The molecule has 2 aromatic rings. The largest absolute Gasteiger partial charge is 0.508 e. The minimum Gasteiger partial charge on any atom is -0.508 e. The first-order valence-corrected chi connectivity index (χ1v) is 5.66. The molecule has 0 heterocycles. The second kappa shape index (κ2) is 4.94. The number of carboxylic acids is 1. The zero-order valence-corrected chi connectivity index (χ0v) is 10.3. The average molecular weight is 256 g/mol. The van der Waals surface area contributed by atoms with Gasteiger partial charge >= 0.3 is 5.97 Å². The molecule has 0 aromatic heterocycles. The van der Waals surface area contributed by atoms with Gasteiger partial charge in [0.25, 0.3) is 0 Å². The molecule has 0 fully saturated rings. The van der Waals surface area contributed by atoms with Crippen LogP contribution in [0.3, 0.4) is 0 Å². The van der Waals surface area contributed by atoms with E-state index in [1.165, 1.54) is 25.1 Å². The lowest BCUT2D eigenvalue weighted by Gasteiger charge is -2.06. The summed E-state index contributed by atoms with van der Waals surface area (Å²) in [6, 6.07) is 10.9. The van der Waals surface area contributed by atoms with Gasteiger partial charge in [0.05, 0.1) is 5.56 Å². The van der Waals surface area contributed by atoms with E-state index in [9.17, 15) is 14.7 Å². The summed E-state index contributed by atoms with van der Waals surface area (Å²) in [7, 11) is 0. The lowest BCUT2D eigenvalue weighted by Crippen LogP contribution is -1.97. The predicted molar refractivity (Wildman–Crippen MR) is 70.5 cm³/mol. The second-order valence-corrected chi connectivity index (χ2v) is 4.21. The molecule has 0 atom stereocenters. The van der Waals surface area contributed by atoms with Crippen molar-refractivity contribution in [3.8, 4) is 16.9 Å². The lowest BCUT2D eigenvalue weighted by atomic mass is 9.99. The van der Waals surface area contributed by atoms with Crippen molar-refractivity contribution in [3.63, 3.8) is 0 Å². The van der Waals surface area contributed by atoms with Crippen molar-refractivity contribution < 1.29 is 19.8 Å². The molecule has 96 valence electrons. The Kier molecular flexibility index (Phi) is 3.33. The summed E-state index contributed by atoms with van der Waals surface area (Å²) in [6.07, 6.45) is 0. The predicted octanol–water partition coefficient (Wildman–Crippen LogP) is 2.96. The van der Waals surface area contributed by atoms with Gasteiger partial charge < -0.3 is 10.2 Å². The number of carbonyl (C=O) groups is 2. The van der Waals surface area contributed by atoms with E-state index in [0.717, 1.165) is 0 Å². The summed E-state index contributed by atoms with van der Waals surface area (Å²) < 4.78 is 0. The van der Waals surface area contributed by atoms with Crippen molar-refractivity contribution in [2.75, 3.05) is 0 Å². The summed E-state index contributed by atoms with van der Waals surface area (Å²) >= 11 is 0. The molecule has 0 saturated carbocycles. The van der Waals surface area contributed by atoms with Crippen molar-refractivity contribution in [2.45, 2.75) is 6.92 Å². The van der Waals surface area contributed by atoms with E-state index < -0.39 is 5.97 Å². The molecule has 0 amide bonds. The van der Waals surface area contributed by atoms with Gasteiger partial charge in [-0.05, 0) is 42.3 Å². The highest BCUT2D eigenvalue weighted by Gasteiger charge is 2.09. The topological polar surface area (TPSA) is 74.6 Å². The van der Waals surface area contributed by atoms with Crippen LogP contribution in [-0.4, -0.2) is 22.0 Å². The van der Waals surface area contributed by atoms with E-state index in [1.807, 2.05) is 0 Å². The number of benzene rings is 2. The van der Waals surface area contributed by atoms with Gasteiger partial charge in [-0.15, -0.1) is 0 Å². The molecule has 4 heteroatoms. The van der Waals surface area contributed by atoms with Crippen LogP contribution in [0.25, 0.3) is 11.1 Å². The molecule has 0 aliphatic carbocycles. The van der Waals surface area contributed by atoms with Crippen LogP contribution in [0.5, 0.6) is 5.75 Å². The monoisotopic (exact) mass is 256 g/mol. The Balaban J connectivity index is 2.55. The van der Waals surface area contributed by atoms with Crippen molar-refractivity contribution >= 4 is 11.8 Å². The average Bonchev–Trinajstić information content (AvgIpc) is 2.38.